The molecule has 0 unspecified atom stereocenters. The lowest BCUT2D eigenvalue weighted by molar-refractivity contribution is 0.444. The molecule has 0 heterocycles. The zero-order valence-electron chi connectivity index (χ0n) is 3.23. The number of hydrogen-bond donors (Lipinski definition) is 1. The first-order chi connectivity index (χ1) is 2.84. The summed E-state index contributed by atoms with van der Waals surface area (Å²) in [5, 5.41) is 8.32. The van der Waals surface area contributed by atoms with E-state index in [-0.39, 0.29) is 5.76 Å². The number of rotatable bonds is 1. The van der Waals surface area contributed by atoms with Crippen LogP contribution >= 0.6 is 0 Å². The van der Waals surface area contributed by atoms with Crippen molar-refractivity contribution in [2.45, 2.75) is 0 Å². The average Bonchev–Trinajstić information content (AvgIpc) is 2.19. The predicted octanol–water partition coefficient (Wildman–Crippen LogP) is 1.15. The zero-order valence-corrected chi connectivity index (χ0v) is 3.23. The van der Waals surface area contributed by atoms with Crippen LogP contribution in [0.15, 0.2) is 29.7 Å². The molecule has 1 aliphatic carbocycles. The largest absolute Gasteiger partial charge is 0.500 e. The summed E-state index contributed by atoms with van der Waals surface area (Å²) in [4.78, 5) is 0. The van der Waals surface area contributed by atoms with Gasteiger partial charge in [-0.25, -0.2) is 0 Å². The Morgan fingerprint density at radius 1 is 1.83 bits per heavy atom. The van der Waals surface area contributed by atoms with E-state index in [9.17, 15) is 0 Å². The fraction of sp³-hybridized carbons (Fsp3) is 0. The Bertz CT molecular complexity index is 147. The Kier molecular flexibility index (Phi) is 0.414. The molecule has 0 radical (unpaired) electrons. The molecule has 0 atom stereocenters. The van der Waals surface area contributed by atoms with Crippen LogP contribution < -0.4 is 0 Å². The van der Waals surface area contributed by atoms with Crippen LogP contribution in [0.3, 0.4) is 0 Å². The topological polar surface area (TPSA) is 20.2 Å². The molecule has 1 aliphatic rings. The molecular formula is C5H4O. The summed E-state index contributed by atoms with van der Waals surface area (Å²) in [5.41, 5.74) is 3.30. The SMILES string of the molecule is C=CC1=C=C1O. The third kappa shape index (κ3) is 0.261. The number of aliphatic hydroxyl groups is 1. The van der Waals surface area contributed by atoms with E-state index in [1.165, 1.54) is 0 Å². The molecule has 1 nitrogen and oxygen atoms in total. The first-order valence-electron chi connectivity index (χ1n) is 1.67. The summed E-state index contributed by atoms with van der Waals surface area (Å²) in [7, 11) is 0. The lowest BCUT2D eigenvalue weighted by atomic mass is 10.5. The van der Waals surface area contributed by atoms with Gasteiger partial charge in [0.1, 0.15) is 0 Å². The lowest BCUT2D eigenvalue weighted by Crippen LogP contribution is -1.58. The van der Waals surface area contributed by atoms with Crippen LogP contribution in [0.4, 0.5) is 0 Å². The van der Waals surface area contributed by atoms with Crippen molar-refractivity contribution in [3.8, 4) is 0 Å². The molecule has 0 amide bonds. The molecule has 0 spiro atoms. The highest BCUT2D eigenvalue weighted by atomic mass is 16.3. The van der Waals surface area contributed by atoms with Crippen LogP contribution in [0, 0.1) is 0 Å². The summed E-state index contributed by atoms with van der Waals surface area (Å²) >= 11 is 0. The van der Waals surface area contributed by atoms with Crippen molar-refractivity contribution in [2.24, 2.45) is 0 Å². The molecule has 0 aromatic heterocycles. The van der Waals surface area contributed by atoms with Crippen molar-refractivity contribution in [3.63, 3.8) is 0 Å². The molecule has 1 heteroatoms. The van der Waals surface area contributed by atoms with Crippen LogP contribution in [0.5, 0.6) is 0 Å². The summed E-state index contributed by atoms with van der Waals surface area (Å²) in [5.74, 6) is 0.255. The molecule has 0 bridgehead atoms. The van der Waals surface area contributed by atoms with Crippen molar-refractivity contribution in [1.29, 1.82) is 0 Å². The first kappa shape index (κ1) is 3.26. The van der Waals surface area contributed by atoms with Gasteiger partial charge < -0.3 is 5.11 Å². The van der Waals surface area contributed by atoms with E-state index >= 15 is 0 Å². The van der Waals surface area contributed by atoms with Crippen LogP contribution in [-0.4, -0.2) is 5.11 Å². The van der Waals surface area contributed by atoms with Gasteiger partial charge in [-0.05, 0) is 6.08 Å². The second-order valence-corrected chi connectivity index (χ2v) is 1.09. The van der Waals surface area contributed by atoms with E-state index in [0.29, 0.717) is 0 Å². The first-order valence-corrected chi connectivity index (χ1v) is 1.67. The smallest absolute Gasteiger partial charge is 0.175 e. The monoisotopic (exact) mass is 80.0 g/mol. The van der Waals surface area contributed by atoms with Crippen LogP contribution in [-0.2, 0) is 0 Å². The molecule has 0 fully saturated rings. The van der Waals surface area contributed by atoms with Crippen molar-refractivity contribution >= 4 is 0 Å². The Labute approximate surface area is 35.9 Å². The predicted molar refractivity (Wildman–Crippen MR) is 23.4 cm³/mol. The van der Waals surface area contributed by atoms with Gasteiger partial charge >= 0.3 is 0 Å². The van der Waals surface area contributed by atoms with E-state index in [1.54, 1.807) is 6.08 Å². The number of aliphatic hydroxyl groups excluding tert-OH is 1. The molecule has 0 saturated heterocycles. The highest BCUT2D eigenvalue weighted by Gasteiger charge is 2.06. The molecule has 1 rings (SSSR count). The maximum Gasteiger partial charge on any atom is 0.175 e. The summed E-state index contributed by atoms with van der Waals surface area (Å²) in [6, 6.07) is 0. The normalized spacial score (nSPS) is 15.3. The quantitative estimate of drug-likeness (QED) is 0.468. The van der Waals surface area contributed by atoms with Crippen molar-refractivity contribution in [3.05, 3.63) is 29.7 Å². The van der Waals surface area contributed by atoms with Crippen LogP contribution in [0.2, 0.25) is 0 Å². The fourth-order valence-corrected chi connectivity index (χ4v) is 0.244. The molecule has 0 saturated carbocycles. The van der Waals surface area contributed by atoms with Gasteiger partial charge in [0, 0.05) is 0 Å². The van der Waals surface area contributed by atoms with Crippen LogP contribution in [0.25, 0.3) is 0 Å². The highest BCUT2D eigenvalue weighted by Crippen LogP contribution is 2.15. The minimum absolute atomic E-state index is 0.255. The summed E-state index contributed by atoms with van der Waals surface area (Å²) in [6.07, 6.45) is 1.56. The highest BCUT2D eigenvalue weighted by molar-refractivity contribution is 5.45. The van der Waals surface area contributed by atoms with Gasteiger partial charge in [-0.1, -0.05) is 12.3 Å². The molecular weight excluding hydrogens is 76.1 g/mol. The molecule has 6 heavy (non-hydrogen) atoms. The van der Waals surface area contributed by atoms with Crippen LogP contribution in [0.1, 0.15) is 0 Å². The van der Waals surface area contributed by atoms with Gasteiger partial charge in [0.25, 0.3) is 0 Å². The van der Waals surface area contributed by atoms with Gasteiger partial charge in [-0.15, -0.1) is 0 Å². The fourth-order valence-electron chi connectivity index (χ4n) is 0.244. The maximum absolute atomic E-state index is 8.32. The molecule has 0 aromatic carbocycles. The van der Waals surface area contributed by atoms with Gasteiger partial charge in [-0.2, -0.15) is 0 Å². The Morgan fingerprint density at radius 2 is 2.33 bits per heavy atom. The van der Waals surface area contributed by atoms with Gasteiger partial charge in [-0.3, -0.25) is 0 Å². The molecule has 1 N–H and O–H groups in total. The maximum atomic E-state index is 8.32. The number of hydrogen-bond acceptors (Lipinski definition) is 1. The second kappa shape index (κ2) is 0.763. The zero-order chi connectivity index (χ0) is 4.57. The molecule has 0 aromatic rings. The third-order valence-electron chi connectivity index (χ3n) is 0.650. The van der Waals surface area contributed by atoms with E-state index in [1.807, 2.05) is 0 Å². The average molecular weight is 80.1 g/mol. The van der Waals surface area contributed by atoms with E-state index in [0.717, 1.165) is 5.57 Å². The summed E-state index contributed by atoms with van der Waals surface area (Å²) in [6.45, 7) is 3.39. The van der Waals surface area contributed by atoms with Gasteiger partial charge in [0.2, 0.25) is 0 Å². The molecule has 0 aliphatic heterocycles. The Morgan fingerprint density at radius 3 is 2.33 bits per heavy atom. The standard InChI is InChI=1S/C5H4O/c1-2-4-3-5(4)6/h2,6H,1H2. The lowest BCUT2D eigenvalue weighted by Gasteiger charge is -1.68. The third-order valence-corrected chi connectivity index (χ3v) is 0.650. The van der Waals surface area contributed by atoms with E-state index < -0.39 is 0 Å². The molecule has 30 valence electrons. The Hall–Kier alpha value is -0.940. The minimum Gasteiger partial charge on any atom is -0.500 e. The van der Waals surface area contributed by atoms with E-state index in [4.69, 9.17) is 5.11 Å². The summed E-state index contributed by atoms with van der Waals surface area (Å²) < 4.78 is 0. The van der Waals surface area contributed by atoms with Crippen molar-refractivity contribution < 1.29 is 5.11 Å². The van der Waals surface area contributed by atoms with Crippen molar-refractivity contribution in [2.75, 3.05) is 0 Å². The van der Waals surface area contributed by atoms with Crippen molar-refractivity contribution in [1.82, 2.24) is 0 Å². The second-order valence-electron chi connectivity index (χ2n) is 1.09. The van der Waals surface area contributed by atoms with Gasteiger partial charge in [0.05, 0.1) is 5.57 Å². The van der Waals surface area contributed by atoms with Gasteiger partial charge in [0.15, 0.2) is 5.76 Å². The minimum atomic E-state index is 0.255. The van der Waals surface area contributed by atoms with E-state index in [2.05, 4.69) is 12.3 Å². The Balaban J connectivity index is 2.54.